The molecule has 0 bridgehead atoms. The molecule has 0 radical (unpaired) electrons. The molecule has 0 heterocycles. The van der Waals surface area contributed by atoms with E-state index in [1.807, 2.05) is 0 Å². The Kier molecular flexibility index (Phi) is 5.12. The van der Waals surface area contributed by atoms with E-state index in [0.29, 0.717) is 0 Å². The molecule has 1 rings (SSSR count). The first kappa shape index (κ1) is 16.0. The number of aliphatic carboxylic acids is 1. The van der Waals surface area contributed by atoms with Gasteiger partial charge in [0.05, 0.1) is 0 Å². The fraction of sp³-hybridized carbons (Fsp3) is 0.364. The largest absolute Gasteiger partial charge is 0.573 e. The van der Waals surface area contributed by atoms with E-state index in [4.69, 9.17) is 5.11 Å². The summed E-state index contributed by atoms with van der Waals surface area (Å²) >= 11 is 0. The Labute approximate surface area is 109 Å². The van der Waals surface area contributed by atoms with Crippen LogP contribution in [0, 0.1) is 0 Å². The van der Waals surface area contributed by atoms with Gasteiger partial charge in [0.1, 0.15) is 0 Å². The molecular formula is C11H9F5O4. The number of rotatable bonds is 6. The van der Waals surface area contributed by atoms with Gasteiger partial charge in [-0.1, -0.05) is 6.07 Å². The number of ether oxygens (including phenoxy) is 2. The van der Waals surface area contributed by atoms with Gasteiger partial charge in [0.15, 0.2) is 11.5 Å². The van der Waals surface area contributed by atoms with E-state index in [1.165, 1.54) is 0 Å². The van der Waals surface area contributed by atoms with Crippen LogP contribution in [0.3, 0.4) is 0 Å². The van der Waals surface area contributed by atoms with E-state index < -0.39 is 30.4 Å². The molecule has 0 aromatic heterocycles. The summed E-state index contributed by atoms with van der Waals surface area (Å²) in [5.74, 6) is -2.85. The van der Waals surface area contributed by atoms with E-state index >= 15 is 0 Å². The van der Waals surface area contributed by atoms with Gasteiger partial charge in [0.2, 0.25) is 0 Å². The summed E-state index contributed by atoms with van der Waals surface area (Å²) in [4.78, 5) is 10.4. The summed E-state index contributed by atoms with van der Waals surface area (Å²) < 4.78 is 67.9. The van der Waals surface area contributed by atoms with Gasteiger partial charge in [-0.15, -0.1) is 13.2 Å². The molecule has 0 aliphatic rings. The van der Waals surface area contributed by atoms with Gasteiger partial charge < -0.3 is 14.6 Å². The number of halogens is 5. The van der Waals surface area contributed by atoms with Gasteiger partial charge in [0, 0.05) is 6.42 Å². The number of carboxylic acid groups (broad SMARTS) is 1. The van der Waals surface area contributed by atoms with Gasteiger partial charge in [0.25, 0.3) is 0 Å². The standard InChI is InChI=1S/C11H9F5O4/c12-10(13)19-8-5-6(2-4-9(17)18)1-3-7(8)20-11(14,15)16/h1,3,5,10H,2,4H2,(H,17,18). The molecule has 1 aromatic carbocycles. The number of aryl methyl sites for hydroxylation is 1. The maximum atomic E-state index is 12.1. The number of hydrogen-bond donors (Lipinski definition) is 1. The molecule has 1 N–H and O–H groups in total. The summed E-state index contributed by atoms with van der Waals surface area (Å²) in [5, 5.41) is 8.47. The summed E-state index contributed by atoms with van der Waals surface area (Å²) in [6, 6.07) is 2.82. The Balaban J connectivity index is 2.96. The average Bonchev–Trinajstić information content (AvgIpc) is 2.27. The van der Waals surface area contributed by atoms with Crippen molar-refractivity contribution >= 4 is 5.97 Å². The zero-order valence-corrected chi connectivity index (χ0v) is 9.79. The quantitative estimate of drug-likeness (QED) is 0.820. The average molecular weight is 300 g/mol. The summed E-state index contributed by atoms with van der Waals surface area (Å²) in [6.45, 7) is -3.33. The van der Waals surface area contributed by atoms with Crippen LogP contribution in [0.4, 0.5) is 22.0 Å². The molecule has 20 heavy (non-hydrogen) atoms. The van der Waals surface area contributed by atoms with Gasteiger partial charge >= 0.3 is 18.9 Å². The molecule has 0 fully saturated rings. The number of carboxylic acids is 1. The van der Waals surface area contributed by atoms with E-state index in [-0.39, 0.29) is 18.4 Å². The van der Waals surface area contributed by atoms with Crippen LogP contribution in [0.2, 0.25) is 0 Å². The lowest BCUT2D eigenvalue weighted by molar-refractivity contribution is -0.275. The topological polar surface area (TPSA) is 55.8 Å². The van der Waals surface area contributed by atoms with Crippen LogP contribution in [0.25, 0.3) is 0 Å². The first-order chi connectivity index (χ1) is 9.17. The van der Waals surface area contributed by atoms with Crippen LogP contribution < -0.4 is 9.47 Å². The molecule has 9 heteroatoms. The minimum absolute atomic E-state index is 0.0404. The van der Waals surface area contributed by atoms with Crippen LogP contribution in [0.1, 0.15) is 12.0 Å². The molecule has 0 atom stereocenters. The second-order valence-electron chi connectivity index (χ2n) is 3.60. The van der Waals surface area contributed by atoms with Crippen molar-refractivity contribution in [2.75, 3.05) is 0 Å². The first-order valence-corrected chi connectivity index (χ1v) is 5.22. The van der Waals surface area contributed by atoms with Crippen molar-refractivity contribution in [1.82, 2.24) is 0 Å². The normalized spacial score (nSPS) is 11.5. The molecule has 0 saturated carbocycles. The predicted octanol–water partition coefficient (Wildman–Crippen LogP) is 3.20. The third kappa shape index (κ3) is 5.72. The van der Waals surface area contributed by atoms with E-state index in [9.17, 15) is 26.7 Å². The van der Waals surface area contributed by atoms with E-state index in [2.05, 4.69) is 9.47 Å². The predicted molar refractivity (Wildman–Crippen MR) is 55.7 cm³/mol. The molecule has 4 nitrogen and oxygen atoms in total. The van der Waals surface area contributed by atoms with Crippen molar-refractivity contribution in [3.05, 3.63) is 23.8 Å². The molecule has 0 saturated heterocycles. The van der Waals surface area contributed by atoms with Crippen molar-refractivity contribution in [2.24, 2.45) is 0 Å². The minimum atomic E-state index is -5.05. The van der Waals surface area contributed by atoms with Crippen molar-refractivity contribution in [2.45, 2.75) is 25.8 Å². The lowest BCUT2D eigenvalue weighted by atomic mass is 10.1. The van der Waals surface area contributed by atoms with Gasteiger partial charge in [-0.2, -0.15) is 8.78 Å². The van der Waals surface area contributed by atoms with Crippen LogP contribution in [0.15, 0.2) is 18.2 Å². The van der Waals surface area contributed by atoms with Crippen molar-refractivity contribution in [3.63, 3.8) is 0 Å². The zero-order chi connectivity index (χ0) is 15.3. The number of carbonyl (C=O) groups is 1. The van der Waals surface area contributed by atoms with Gasteiger partial charge in [-0.25, -0.2) is 0 Å². The Morgan fingerprint density at radius 1 is 1.25 bits per heavy atom. The summed E-state index contributed by atoms with van der Waals surface area (Å²) in [5.41, 5.74) is 0.234. The highest BCUT2D eigenvalue weighted by Crippen LogP contribution is 2.34. The molecular weight excluding hydrogens is 291 g/mol. The Bertz CT molecular complexity index is 472. The third-order valence-corrected chi connectivity index (χ3v) is 2.08. The highest BCUT2D eigenvalue weighted by atomic mass is 19.4. The Morgan fingerprint density at radius 3 is 2.40 bits per heavy atom. The minimum Gasteiger partial charge on any atom is -0.481 e. The molecule has 0 spiro atoms. The van der Waals surface area contributed by atoms with Crippen molar-refractivity contribution < 1.29 is 41.3 Å². The second-order valence-corrected chi connectivity index (χ2v) is 3.60. The fourth-order valence-electron chi connectivity index (χ4n) is 1.36. The van der Waals surface area contributed by atoms with E-state index in [0.717, 1.165) is 18.2 Å². The molecule has 0 aliphatic heterocycles. The lowest BCUT2D eigenvalue weighted by Crippen LogP contribution is -2.18. The number of hydrogen-bond acceptors (Lipinski definition) is 3. The maximum Gasteiger partial charge on any atom is 0.573 e. The van der Waals surface area contributed by atoms with Gasteiger partial charge in [-0.3, -0.25) is 4.79 Å². The zero-order valence-electron chi connectivity index (χ0n) is 9.79. The lowest BCUT2D eigenvalue weighted by Gasteiger charge is -2.14. The monoisotopic (exact) mass is 300 g/mol. The highest BCUT2D eigenvalue weighted by molar-refractivity contribution is 5.67. The fourth-order valence-corrected chi connectivity index (χ4v) is 1.36. The Morgan fingerprint density at radius 2 is 1.90 bits per heavy atom. The van der Waals surface area contributed by atoms with Crippen LogP contribution in [-0.2, 0) is 11.2 Å². The van der Waals surface area contributed by atoms with Crippen LogP contribution in [-0.4, -0.2) is 24.0 Å². The number of alkyl halides is 5. The van der Waals surface area contributed by atoms with Crippen LogP contribution in [0.5, 0.6) is 11.5 Å². The molecule has 112 valence electrons. The Hall–Kier alpha value is -2.06. The van der Waals surface area contributed by atoms with Crippen molar-refractivity contribution in [1.29, 1.82) is 0 Å². The van der Waals surface area contributed by atoms with Crippen LogP contribution >= 0.6 is 0 Å². The molecule has 0 amide bonds. The number of benzene rings is 1. The molecule has 0 unspecified atom stereocenters. The second kappa shape index (κ2) is 6.40. The highest BCUT2D eigenvalue weighted by Gasteiger charge is 2.32. The SMILES string of the molecule is O=C(O)CCc1ccc(OC(F)(F)F)c(OC(F)F)c1. The van der Waals surface area contributed by atoms with E-state index in [1.54, 1.807) is 0 Å². The molecule has 0 aliphatic carbocycles. The first-order valence-electron chi connectivity index (χ1n) is 5.22. The van der Waals surface area contributed by atoms with Crippen molar-refractivity contribution in [3.8, 4) is 11.5 Å². The maximum absolute atomic E-state index is 12.1. The molecule has 1 aromatic rings. The summed E-state index contributed by atoms with van der Waals surface area (Å²) in [7, 11) is 0. The smallest absolute Gasteiger partial charge is 0.481 e. The summed E-state index contributed by atoms with van der Waals surface area (Å²) in [6.07, 6.45) is -5.39. The third-order valence-electron chi connectivity index (χ3n) is 2.08. The van der Waals surface area contributed by atoms with Gasteiger partial charge in [-0.05, 0) is 24.1 Å².